The van der Waals surface area contributed by atoms with Gasteiger partial charge in [-0.1, -0.05) is 18.1 Å². The highest BCUT2D eigenvalue weighted by molar-refractivity contribution is 6.04. The fraction of sp³-hybridized carbons (Fsp3) is 0.125. The van der Waals surface area contributed by atoms with Gasteiger partial charge in [-0.3, -0.25) is 4.79 Å². The quantitative estimate of drug-likeness (QED) is 0.829. The number of anilines is 1. The van der Waals surface area contributed by atoms with Crippen molar-refractivity contribution in [1.82, 2.24) is 4.98 Å². The first kappa shape index (κ1) is 14.7. The Morgan fingerprint density at radius 3 is 2.90 bits per heavy atom. The first-order valence-electron chi connectivity index (χ1n) is 6.33. The van der Waals surface area contributed by atoms with E-state index in [4.69, 9.17) is 5.73 Å². The molecule has 0 radical (unpaired) electrons. The van der Waals surface area contributed by atoms with Gasteiger partial charge >= 0.3 is 0 Å². The van der Waals surface area contributed by atoms with E-state index in [9.17, 15) is 9.18 Å². The van der Waals surface area contributed by atoms with Crippen molar-refractivity contribution >= 4 is 11.7 Å². The first-order valence-corrected chi connectivity index (χ1v) is 6.33. The molecule has 0 unspecified atom stereocenters. The third-order valence-electron chi connectivity index (χ3n) is 2.68. The Morgan fingerprint density at radius 1 is 1.38 bits per heavy atom. The molecule has 4 nitrogen and oxygen atoms in total. The molecule has 2 rings (SSSR count). The second kappa shape index (κ2) is 6.64. The van der Waals surface area contributed by atoms with Crippen LogP contribution in [0.4, 0.5) is 10.2 Å². The molecule has 2 aromatic rings. The van der Waals surface area contributed by atoms with Gasteiger partial charge in [-0.25, -0.2) is 9.37 Å². The molecule has 5 heteroatoms. The molecular weight excluding hydrogens is 269 g/mol. The van der Waals surface area contributed by atoms with Crippen molar-refractivity contribution in [3.63, 3.8) is 0 Å². The Kier molecular flexibility index (Phi) is 4.64. The minimum Gasteiger partial charge on any atom is -0.320 e. The standard InChI is InChI=1S/C16H14FN3O/c1-11-7-8-13(14(17)10-11)16(21)20-15-6-2-4-12(19-15)5-3-9-18/h2,4,6-8,10H,9,18H2,1H3,(H,19,20,21). The van der Waals surface area contributed by atoms with Gasteiger partial charge in [-0.05, 0) is 42.7 Å². The summed E-state index contributed by atoms with van der Waals surface area (Å²) < 4.78 is 13.7. The minimum absolute atomic E-state index is 0.0270. The molecule has 106 valence electrons. The summed E-state index contributed by atoms with van der Waals surface area (Å²) in [5, 5.41) is 2.55. The number of hydrogen-bond donors (Lipinski definition) is 2. The van der Waals surface area contributed by atoms with Crippen LogP contribution in [0.3, 0.4) is 0 Å². The topological polar surface area (TPSA) is 68.0 Å². The Morgan fingerprint density at radius 2 is 2.19 bits per heavy atom. The van der Waals surface area contributed by atoms with Crippen LogP contribution in [0.15, 0.2) is 36.4 Å². The molecular formula is C16H14FN3O. The molecule has 1 heterocycles. The summed E-state index contributed by atoms with van der Waals surface area (Å²) in [6, 6.07) is 9.44. The van der Waals surface area contributed by atoms with E-state index in [0.29, 0.717) is 11.5 Å². The van der Waals surface area contributed by atoms with E-state index in [0.717, 1.165) is 5.56 Å². The molecule has 0 aliphatic carbocycles. The van der Waals surface area contributed by atoms with Gasteiger partial charge in [-0.2, -0.15) is 0 Å². The fourth-order valence-corrected chi connectivity index (χ4v) is 1.70. The summed E-state index contributed by atoms with van der Waals surface area (Å²) in [5.41, 5.74) is 6.50. The number of nitrogens with one attached hydrogen (secondary N) is 1. The molecule has 0 fully saturated rings. The zero-order valence-electron chi connectivity index (χ0n) is 11.5. The number of carbonyl (C=O) groups excluding carboxylic acids is 1. The van der Waals surface area contributed by atoms with E-state index in [-0.39, 0.29) is 12.1 Å². The fourth-order valence-electron chi connectivity index (χ4n) is 1.70. The second-order valence-corrected chi connectivity index (χ2v) is 4.35. The Bertz CT molecular complexity index is 732. The van der Waals surface area contributed by atoms with Gasteiger partial charge in [0.15, 0.2) is 0 Å². The molecule has 0 aliphatic heterocycles. The van der Waals surface area contributed by atoms with Crippen molar-refractivity contribution in [2.45, 2.75) is 6.92 Å². The number of aromatic nitrogens is 1. The van der Waals surface area contributed by atoms with Gasteiger partial charge in [-0.15, -0.1) is 0 Å². The number of hydrogen-bond acceptors (Lipinski definition) is 3. The lowest BCUT2D eigenvalue weighted by atomic mass is 10.1. The van der Waals surface area contributed by atoms with Gasteiger partial charge in [0.1, 0.15) is 17.3 Å². The van der Waals surface area contributed by atoms with Gasteiger partial charge in [0.2, 0.25) is 0 Å². The SMILES string of the molecule is Cc1ccc(C(=O)Nc2cccc(C#CCN)n2)c(F)c1. The first-order chi connectivity index (χ1) is 10.1. The highest BCUT2D eigenvalue weighted by Crippen LogP contribution is 2.12. The molecule has 1 aromatic carbocycles. The Balaban J connectivity index is 2.19. The van der Waals surface area contributed by atoms with Crippen LogP contribution in [0.2, 0.25) is 0 Å². The maximum absolute atomic E-state index is 13.7. The summed E-state index contributed by atoms with van der Waals surface area (Å²) in [5.74, 6) is 4.63. The number of rotatable bonds is 2. The lowest BCUT2D eigenvalue weighted by Crippen LogP contribution is -2.15. The van der Waals surface area contributed by atoms with Crippen molar-refractivity contribution in [3.05, 3.63) is 59.0 Å². The highest BCUT2D eigenvalue weighted by Gasteiger charge is 2.12. The number of amides is 1. The van der Waals surface area contributed by atoms with E-state index in [1.807, 2.05) is 0 Å². The van der Waals surface area contributed by atoms with Crippen molar-refractivity contribution in [2.24, 2.45) is 5.73 Å². The Hall–Kier alpha value is -2.71. The largest absolute Gasteiger partial charge is 0.320 e. The molecule has 0 atom stereocenters. The Labute approximate surface area is 122 Å². The van der Waals surface area contributed by atoms with E-state index < -0.39 is 11.7 Å². The lowest BCUT2D eigenvalue weighted by molar-refractivity contribution is 0.102. The van der Waals surface area contributed by atoms with Crippen LogP contribution in [0, 0.1) is 24.6 Å². The predicted octanol–water partition coefficient (Wildman–Crippen LogP) is 2.09. The summed E-state index contributed by atoms with van der Waals surface area (Å²) >= 11 is 0. The average molecular weight is 283 g/mol. The minimum atomic E-state index is -0.563. The molecule has 0 bridgehead atoms. The molecule has 0 spiro atoms. The van der Waals surface area contributed by atoms with Crippen LogP contribution in [0.5, 0.6) is 0 Å². The van der Waals surface area contributed by atoms with Crippen molar-refractivity contribution < 1.29 is 9.18 Å². The van der Waals surface area contributed by atoms with Crippen LogP contribution in [-0.2, 0) is 0 Å². The van der Waals surface area contributed by atoms with Crippen molar-refractivity contribution in [1.29, 1.82) is 0 Å². The average Bonchev–Trinajstić information content (AvgIpc) is 2.45. The molecule has 21 heavy (non-hydrogen) atoms. The molecule has 0 saturated carbocycles. The van der Waals surface area contributed by atoms with E-state index in [1.165, 1.54) is 12.1 Å². The smallest absolute Gasteiger partial charge is 0.259 e. The molecule has 3 N–H and O–H groups in total. The van der Waals surface area contributed by atoms with Crippen LogP contribution < -0.4 is 11.1 Å². The molecule has 1 amide bonds. The monoisotopic (exact) mass is 283 g/mol. The van der Waals surface area contributed by atoms with Crippen molar-refractivity contribution in [3.8, 4) is 11.8 Å². The predicted molar refractivity (Wildman–Crippen MR) is 79.3 cm³/mol. The number of halogens is 1. The number of aryl methyl sites for hydroxylation is 1. The summed E-state index contributed by atoms with van der Waals surface area (Å²) in [6.45, 7) is 1.98. The molecule has 0 aliphatic rings. The number of pyridine rings is 1. The third kappa shape index (κ3) is 3.88. The van der Waals surface area contributed by atoms with E-state index >= 15 is 0 Å². The van der Waals surface area contributed by atoms with E-state index in [1.54, 1.807) is 31.2 Å². The van der Waals surface area contributed by atoms with Gasteiger partial charge in [0.25, 0.3) is 5.91 Å². The van der Waals surface area contributed by atoms with Crippen molar-refractivity contribution in [2.75, 3.05) is 11.9 Å². The van der Waals surface area contributed by atoms with Gasteiger partial charge in [0.05, 0.1) is 12.1 Å². The number of carbonyl (C=O) groups is 1. The highest BCUT2D eigenvalue weighted by atomic mass is 19.1. The van der Waals surface area contributed by atoms with Crippen LogP contribution in [-0.4, -0.2) is 17.4 Å². The van der Waals surface area contributed by atoms with Gasteiger partial charge in [0, 0.05) is 0 Å². The summed E-state index contributed by atoms with van der Waals surface area (Å²) in [7, 11) is 0. The van der Waals surface area contributed by atoms with Crippen LogP contribution in [0.25, 0.3) is 0 Å². The maximum Gasteiger partial charge on any atom is 0.259 e. The number of nitrogens with two attached hydrogens (primary N) is 1. The van der Waals surface area contributed by atoms with Gasteiger partial charge < -0.3 is 11.1 Å². The zero-order valence-corrected chi connectivity index (χ0v) is 11.5. The third-order valence-corrected chi connectivity index (χ3v) is 2.68. The second-order valence-electron chi connectivity index (χ2n) is 4.35. The zero-order chi connectivity index (χ0) is 15.2. The number of nitrogens with zero attached hydrogens (tertiary/aromatic N) is 1. The molecule has 1 aromatic heterocycles. The molecule has 0 saturated heterocycles. The maximum atomic E-state index is 13.7. The van der Waals surface area contributed by atoms with Crippen LogP contribution >= 0.6 is 0 Å². The van der Waals surface area contributed by atoms with E-state index in [2.05, 4.69) is 22.1 Å². The number of benzene rings is 1. The van der Waals surface area contributed by atoms with Crippen LogP contribution in [0.1, 0.15) is 21.6 Å². The lowest BCUT2D eigenvalue weighted by Gasteiger charge is -2.06. The summed E-state index contributed by atoms with van der Waals surface area (Å²) in [6.07, 6.45) is 0. The normalized spacial score (nSPS) is 9.67. The summed E-state index contributed by atoms with van der Waals surface area (Å²) in [4.78, 5) is 16.2.